The smallest absolute Gasteiger partial charge is 0.0431 e. The van der Waals surface area contributed by atoms with E-state index in [1.807, 2.05) is 25.2 Å². The van der Waals surface area contributed by atoms with Gasteiger partial charge in [-0.3, -0.25) is 0 Å². The molecule has 10 heavy (non-hydrogen) atoms. The Kier molecular flexibility index (Phi) is 7.97. The third kappa shape index (κ3) is 7.44. The summed E-state index contributed by atoms with van der Waals surface area (Å²) in [6.45, 7) is 2.32. The fraction of sp³-hybridized carbons (Fsp3) is 0.556. The summed E-state index contributed by atoms with van der Waals surface area (Å²) in [5, 5.41) is 8.43. The van der Waals surface area contributed by atoms with Crippen LogP contribution in [0.1, 0.15) is 26.2 Å². The molecule has 1 nitrogen and oxygen atoms in total. The summed E-state index contributed by atoms with van der Waals surface area (Å²) in [5.41, 5.74) is 0. The van der Waals surface area contributed by atoms with E-state index >= 15 is 0 Å². The predicted molar refractivity (Wildman–Crippen MR) is 44.9 cm³/mol. The van der Waals surface area contributed by atoms with Crippen molar-refractivity contribution in [1.82, 2.24) is 0 Å². The molecule has 0 bridgehead atoms. The molecular weight excluding hydrogens is 124 g/mol. The highest BCUT2D eigenvalue weighted by Crippen LogP contribution is 1.94. The molecule has 1 N–H and O–H groups in total. The van der Waals surface area contributed by atoms with Crippen molar-refractivity contribution in [3.8, 4) is 0 Å². The van der Waals surface area contributed by atoms with E-state index in [4.69, 9.17) is 5.11 Å². The van der Waals surface area contributed by atoms with Gasteiger partial charge in [0, 0.05) is 6.61 Å². The molecule has 58 valence electrons. The Morgan fingerprint density at radius 2 is 2.00 bits per heavy atom. The van der Waals surface area contributed by atoms with Gasteiger partial charge in [-0.05, 0) is 26.2 Å². The summed E-state index contributed by atoms with van der Waals surface area (Å²) in [5.74, 6) is 0. The van der Waals surface area contributed by atoms with Gasteiger partial charge in [0.05, 0.1) is 0 Å². The molecule has 0 aliphatic carbocycles. The Morgan fingerprint density at radius 1 is 1.20 bits per heavy atom. The van der Waals surface area contributed by atoms with Crippen LogP contribution in [0.3, 0.4) is 0 Å². The van der Waals surface area contributed by atoms with Crippen molar-refractivity contribution >= 4 is 0 Å². The monoisotopic (exact) mass is 140 g/mol. The molecule has 0 saturated carbocycles. The topological polar surface area (TPSA) is 20.2 Å². The average Bonchev–Trinajstić information content (AvgIpc) is 1.97. The van der Waals surface area contributed by atoms with Crippen molar-refractivity contribution < 1.29 is 5.11 Å². The molecule has 0 heterocycles. The van der Waals surface area contributed by atoms with Crippen LogP contribution in [0.2, 0.25) is 0 Å². The van der Waals surface area contributed by atoms with Crippen molar-refractivity contribution in [3.05, 3.63) is 24.3 Å². The molecule has 0 aliphatic heterocycles. The van der Waals surface area contributed by atoms with Gasteiger partial charge in [-0.25, -0.2) is 0 Å². The van der Waals surface area contributed by atoms with E-state index in [0.29, 0.717) is 6.61 Å². The van der Waals surface area contributed by atoms with E-state index in [0.717, 1.165) is 19.3 Å². The zero-order chi connectivity index (χ0) is 7.66. The zero-order valence-corrected chi connectivity index (χ0v) is 6.59. The maximum atomic E-state index is 8.43. The van der Waals surface area contributed by atoms with E-state index in [2.05, 4.69) is 6.08 Å². The molecule has 0 amide bonds. The van der Waals surface area contributed by atoms with Crippen LogP contribution >= 0.6 is 0 Å². The van der Waals surface area contributed by atoms with Crippen LogP contribution < -0.4 is 0 Å². The maximum absolute atomic E-state index is 8.43. The summed E-state index contributed by atoms with van der Waals surface area (Å²) in [7, 11) is 0. The number of aliphatic hydroxyl groups excluding tert-OH is 1. The minimum absolute atomic E-state index is 0.317. The van der Waals surface area contributed by atoms with Gasteiger partial charge in [0.1, 0.15) is 0 Å². The minimum atomic E-state index is 0.317. The van der Waals surface area contributed by atoms with Crippen molar-refractivity contribution in [1.29, 1.82) is 0 Å². The predicted octanol–water partition coefficient (Wildman–Crippen LogP) is 2.28. The first-order valence-corrected chi connectivity index (χ1v) is 3.80. The average molecular weight is 140 g/mol. The minimum Gasteiger partial charge on any atom is -0.396 e. The van der Waals surface area contributed by atoms with Crippen LogP contribution in [0.5, 0.6) is 0 Å². The number of unbranched alkanes of at least 4 members (excludes halogenated alkanes) is 2. The summed E-state index contributed by atoms with van der Waals surface area (Å²) >= 11 is 0. The van der Waals surface area contributed by atoms with Gasteiger partial charge in [0.15, 0.2) is 0 Å². The van der Waals surface area contributed by atoms with Crippen LogP contribution in [0.4, 0.5) is 0 Å². The van der Waals surface area contributed by atoms with E-state index in [-0.39, 0.29) is 0 Å². The Labute approximate surface area is 63.1 Å². The van der Waals surface area contributed by atoms with Crippen LogP contribution in [0, 0.1) is 0 Å². The van der Waals surface area contributed by atoms with Crippen molar-refractivity contribution in [3.63, 3.8) is 0 Å². The van der Waals surface area contributed by atoms with E-state index in [9.17, 15) is 0 Å². The zero-order valence-electron chi connectivity index (χ0n) is 6.59. The summed E-state index contributed by atoms with van der Waals surface area (Å²) in [4.78, 5) is 0. The van der Waals surface area contributed by atoms with E-state index < -0.39 is 0 Å². The quantitative estimate of drug-likeness (QED) is 0.459. The molecule has 0 unspecified atom stereocenters. The van der Waals surface area contributed by atoms with Gasteiger partial charge < -0.3 is 5.11 Å². The number of aliphatic hydroxyl groups is 1. The fourth-order valence-electron chi connectivity index (χ4n) is 0.660. The lowest BCUT2D eigenvalue weighted by Crippen LogP contribution is -1.79. The number of hydrogen-bond acceptors (Lipinski definition) is 1. The Balaban J connectivity index is 3.02. The van der Waals surface area contributed by atoms with Gasteiger partial charge in [-0.15, -0.1) is 0 Å². The van der Waals surface area contributed by atoms with Gasteiger partial charge in [-0.2, -0.15) is 0 Å². The number of allylic oxidation sites excluding steroid dienone is 4. The molecule has 0 aliphatic rings. The van der Waals surface area contributed by atoms with Crippen molar-refractivity contribution in [2.45, 2.75) is 26.2 Å². The first-order chi connectivity index (χ1) is 4.91. The van der Waals surface area contributed by atoms with Gasteiger partial charge >= 0.3 is 0 Å². The normalized spacial score (nSPS) is 11.8. The lowest BCUT2D eigenvalue weighted by molar-refractivity contribution is 0.285. The van der Waals surface area contributed by atoms with Crippen LogP contribution in [0.15, 0.2) is 24.3 Å². The standard InChI is InChI=1S/C9H16O/c1-2-3-4-5-6-7-8-9-10/h2-5,10H,6-9H2,1H3. The molecule has 1 heteroatoms. The second kappa shape index (κ2) is 8.44. The molecule has 0 aromatic carbocycles. The number of rotatable bonds is 5. The fourth-order valence-corrected chi connectivity index (χ4v) is 0.660. The highest BCUT2D eigenvalue weighted by atomic mass is 16.2. The highest BCUT2D eigenvalue weighted by molar-refractivity contribution is 5.00. The molecule has 0 spiro atoms. The molecule has 0 aromatic heterocycles. The molecular formula is C9H16O. The van der Waals surface area contributed by atoms with Crippen LogP contribution in [-0.2, 0) is 0 Å². The highest BCUT2D eigenvalue weighted by Gasteiger charge is 1.79. The Bertz CT molecular complexity index is 103. The third-order valence-electron chi connectivity index (χ3n) is 1.22. The second-order valence-electron chi connectivity index (χ2n) is 2.17. The van der Waals surface area contributed by atoms with Crippen LogP contribution in [0.25, 0.3) is 0 Å². The summed E-state index contributed by atoms with van der Waals surface area (Å²) in [6.07, 6.45) is 11.3. The van der Waals surface area contributed by atoms with E-state index in [1.165, 1.54) is 0 Å². The third-order valence-corrected chi connectivity index (χ3v) is 1.22. The van der Waals surface area contributed by atoms with E-state index in [1.54, 1.807) is 0 Å². The first kappa shape index (κ1) is 9.44. The van der Waals surface area contributed by atoms with Crippen molar-refractivity contribution in [2.75, 3.05) is 6.61 Å². The molecule has 0 atom stereocenters. The summed E-state index contributed by atoms with van der Waals surface area (Å²) < 4.78 is 0. The maximum Gasteiger partial charge on any atom is 0.0431 e. The molecule has 0 rings (SSSR count). The Hall–Kier alpha value is -0.560. The largest absolute Gasteiger partial charge is 0.396 e. The van der Waals surface area contributed by atoms with Gasteiger partial charge in [0.25, 0.3) is 0 Å². The van der Waals surface area contributed by atoms with Gasteiger partial charge in [0.2, 0.25) is 0 Å². The molecule has 0 radical (unpaired) electrons. The lowest BCUT2D eigenvalue weighted by Gasteiger charge is -1.89. The van der Waals surface area contributed by atoms with Gasteiger partial charge in [-0.1, -0.05) is 24.3 Å². The second-order valence-corrected chi connectivity index (χ2v) is 2.17. The molecule has 0 aromatic rings. The van der Waals surface area contributed by atoms with Crippen LogP contribution in [-0.4, -0.2) is 11.7 Å². The molecule has 0 fully saturated rings. The first-order valence-electron chi connectivity index (χ1n) is 3.80. The SMILES string of the molecule is CC=CC=CCCCCO. The summed E-state index contributed by atoms with van der Waals surface area (Å²) in [6, 6.07) is 0. The molecule has 0 saturated heterocycles. The number of hydrogen-bond donors (Lipinski definition) is 1. The lowest BCUT2D eigenvalue weighted by atomic mass is 10.2. The Morgan fingerprint density at radius 3 is 2.60 bits per heavy atom. The van der Waals surface area contributed by atoms with Crippen molar-refractivity contribution in [2.24, 2.45) is 0 Å².